The summed E-state index contributed by atoms with van der Waals surface area (Å²) in [6.45, 7) is 0.822. The van der Waals surface area contributed by atoms with Crippen molar-refractivity contribution in [3.63, 3.8) is 0 Å². The number of carbonyl (C=O) groups excluding carboxylic acids is 1. The van der Waals surface area contributed by atoms with Crippen molar-refractivity contribution in [3.8, 4) is 0 Å². The van der Waals surface area contributed by atoms with Crippen molar-refractivity contribution in [2.24, 2.45) is 0 Å². The van der Waals surface area contributed by atoms with Crippen LogP contribution in [0.4, 0.5) is 0 Å². The molecule has 1 fully saturated rings. The molecule has 0 amide bonds. The Morgan fingerprint density at radius 1 is 1.37 bits per heavy atom. The molecular weight excluding hydrogens is 258 g/mol. The van der Waals surface area contributed by atoms with Crippen LogP contribution in [0.2, 0.25) is 0 Å². The highest BCUT2D eigenvalue weighted by Gasteiger charge is 2.21. The monoisotopic (exact) mass is 273 g/mol. The van der Waals surface area contributed by atoms with Gasteiger partial charge in [0, 0.05) is 17.6 Å². The quantitative estimate of drug-likeness (QED) is 0.801. The number of hydrogen-bond acceptors (Lipinski definition) is 4. The highest BCUT2D eigenvalue weighted by atomic mass is 32.1. The molecule has 1 aliphatic rings. The van der Waals surface area contributed by atoms with Gasteiger partial charge in [-0.05, 0) is 12.8 Å². The van der Waals surface area contributed by atoms with E-state index >= 15 is 0 Å². The lowest BCUT2D eigenvalue weighted by Crippen LogP contribution is -2.04. The van der Waals surface area contributed by atoms with Crippen molar-refractivity contribution in [3.05, 3.63) is 52.0 Å². The molecule has 1 unspecified atom stereocenters. The maximum absolute atomic E-state index is 12.1. The average molecular weight is 273 g/mol. The second-order valence-corrected chi connectivity index (χ2v) is 5.53. The summed E-state index contributed by atoms with van der Waals surface area (Å²) < 4.78 is 5.60. The van der Waals surface area contributed by atoms with Gasteiger partial charge < -0.3 is 4.74 Å². The summed E-state index contributed by atoms with van der Waals surface area (Å²) in [5.41, 5.74) is 1.60. The second-order valence-electron chi connectivity index (χ2n) is 4.64. The van der Waals surface area contributed by atoms with Crippen molar-refractivity contribution in [1.82, 2.24) is 4.98 Å². The smallest absolute Gasteiger partial charge is 0.168 e. The van der Waals surface area contributed by atoms with Crippen LogP contribution in [-0.2, 0) is 11.2 Å². The molecule has 0 saturated carbocycles. The number of hydrogen-bond donors (Lipinski definition) is 0. The van der Waals surface area contributed by atoms with Gasteiger partial charge in [0.25, 0.3) is 0 Å². The van der Waals surface area contributed by atoms with Crippen molar-refractivity contribution in [2.45, 2.75) is 25.4 Å². The summed E-state index contributed by atoms with van der Waals surface area (Å²) in [6, 6.07) is 9.36. The Morgan fingerprint density at radius 3 is 2.95 bits per heavy atom. The van der Waals surface area contributed by atoms with E-state index < -0.39 is 0 Å². The molecule has 1 saturated heterocycles. The zero-order valence-electron chi connectivity index (χ0n) is 10.5. The molecule has 19 heavy (non-hydrogen) atoms. The lowest BCUT2D eigenvalue weighted by atomic mass is 10.1. The molecule has 1 atom stereocenters. The van der Waals surface area contributed by atoms with Gasteiger partial charge in [0.1, 0.15) is 11.1 Å². The Kier molecular flexibility index (Phi) is 3.71. The predicted octanol–water partition coefficient (Wildman–Crippen LogP) is 3.42. The van der Waals surface area contributed by atoms with Crippen molar-refractivity contribution in [1.29, 1.82) is 0 Å². The van der Waals surface area contributed by atoms with E-state index in [1.807, 2.05) is 35.7 Å². The number of ether oxygens (including phenoxy) is 1. The first-order valence-electron chi connectivity index (χ1n) is 6.47. The third-order valence-electron chi connectivity index (χ3n) is 3.21. The van der Waals surface area contributed by atoms with Crippen LogP contribution >= 0.6 is 11.3 Å². The van der Waals surface area contributed by atoms with Crippen LogP contribution < -0.4 is 0 Å². The summed E-state index contributed by atoms with van der Waals surface area (Å²) in [5.74, 6) is 0.116. The zero-order valence-corrected chi connectivity index (χ0v) is 11.4. The van der Waals surface area contributed by atoms with Crippen LogP contribution in [0.5, 0.6) is 0 Å². The molecule has 0 bridgehead atoms. The minimum atomic E-state index is 0.116. The molecule has 2 aromatic rings. The minimum Gasteiger partial charge on any atom is -0.371 e. The molecular formula is C15H15NO2S. The van der Waals surface area contributed by atoms with Gasteiger partial charge in [0.05, 0.1) is 12.1 Å². The number of ketones is 1. The van der Waals surface area contributed by atoms with E-state index in [1.165, 1.54) is 0 Å². The van der Waals surface area contributed by atoms with E-state index in [9.17, 15) is 4.79 Å². The molecule has 1 aliphatic heterocycles. The van der Waals surface area contributed by atoms with Crippen LogP contribution in [0, 0.1) is 0 Å². The molecule has 0 radical (unpaired) electrons. The third kappa shape index (κ3) is 2.91. The Hall–Kier alpha value is -1.52. The normalized spacial score (nSPS) is 18.6. The van der Waals surface area contributed by atoms with Gasteiger partial charge in [-0.25, -0.2) is 4.98 Å². The SMILES string of the molecule is O=C(Cc1csc(C2CCCO2)n1)c1ccccc1. The third-order valence-corrected chi connectivity index (χ3v) is 4.20. The largest absolute Gasteiger partial charge is 0.371 e. The van der Waals surface area contributed by atoms with Crippen LogP contribution in [-0.4, -0.2) is 17.4 Å². The first kappa shape index (κ1) is 12.5. The topological polar surface area (TPSA) is 39.2 Å². The molecule has 0 spiro atoms. The van der Waals surface area contributed by atoms with Crippen molar-refractivity contribution < 1.29 is 9.53 Å². The molecule has 1 aromatic carbocycles. The maximum Gasteiger partial charge on any atom is 0.168 e. The molecule has 4 heteroatoms. The van der Waals surface area contributed by atoms with E-state index in [0.29, 0.717) is 6.42 Å². The Morgan fingerprint density at radius 2 is 2.21 bits per heavy atom. The molecule has 0 aliphatic carbocycles. The standard InChI is InChI=1S/C15H15NO2S/c17-13(11-5-2-1-3-6-11)9-12-10-19-15(16-12)14-7-4-8-18-14/h1-3,5-6,10,14H,4,7-9H2. The molecule has 0 N–H and O–H groups in total. The number of nitrogens with zero attached hydrogens (tertiary/aromatic N) is 1. The lowest BCUT2D eigenvalue weighted by molar-refractivity contribution is 0.0990. The molecule has 1 aromatic heterocycles. The number of carbonyl (C=O) groups is 1. The minimum absolute atomic E-state index is 0.116. The predicted molar refractivity (Wildman–Crippen MR) is 74.5 cm³/mol. The average Bonchev–Trinajstić information content (AvgIpc) is 3.10. The molecule has 2 heterocycles. The Bertz CT molecular complexity index is 559. The van der Waals surface area contributed by atoms with Gasteiger partial charge >= 0.3 is 0 Å². The highest BCUT2D eigenvalue weighted by molar-refractivity contribution is 7.09. The van der Waals surface area contributed by atoms with Crippen LogP contribution in [0.25, 0.3) is 0 Å². The Balaban J connectivity index is 1.68. The van der Waals surface area contributed by atoms with Gasteiger partial charge in [-0.3, -0.25) is 4.79 Å². The summed E-state index contributed by atoms with van der Waals surface area (Å²) in [7, 11) is 0. The summed E-state index contributed by atoms with van der Waals surface area (Å²) in [6.07, 6.45) is 2.65. The van der Waals surface area contributed by atoms with E-state index in [4.69, 9.17) is 4.74 Å². The number of thiazole rings is 1. The summed E-state index contributed by atoms with van der Waals surface area (Å²) >= 11 is 1.60. The number of Topliss-reactive ketones (excluding diaryl/α,β-unsaturated/α-hetero) is 1. The lowest BCUT2D eigenvalue weighted by Gasteiger charge is -2.03. The first-order chi connectivity index (χ1) is 9.33. The fraction of sp³-hybridized carbons (Fsp3) is 0.333. The van der Waals surface area contributed by atoms with Gasteiger partial charge in [0.2, 0.25) is 0 Å². The number of rotatable bonds is 4. The highest BCUT2D eigenvalue weighted by Crippen LogP contribution is 2.30. The van der Waals surface area contributed by atoms with Crippen LogP contribution in [0.15, 0.2) is 35.7 Å². The summed E-state index contributed by atoms with van der Waals surface area (Å²) in [4.78, 5) is 16.6. The molecule has 3 rings (SSSR count). The Labute approximate surface area is 116 Å². The van der Waals surface area contributed by atoms with Crippen LogP contribution in [0.1, 0.15) is 40.0 Å². The fourth-order valence-electron chi connectivity index (χ4n) is 2.21. The van der Waals surface area contributed by atoms with E-state index in [0.717, 1.165) is 35.7 Å². The fourth-order valence-corrected chi connectivity index (χ4v) is 3.12. The number of aromatic nitrogens is 1. The van der Waals surface area contributed by atoms with E-state index in [-0.39, 0.29) is 11.9 Å². The first-order valence-corrected chi connectivity index (χ1v) is 7.35. The van der Waals surface area contributed by atoms with Crippen molar-refractivity contribution >= 4 is 17.1 Å². The zero-order chi connectivity index (χ0) is 13.1. The molecule has 3 nitrogen and oxygen atoms in total. The van der Waals surface area contributed by atoms with Gasteiger partial charge in [0.15, 0.2) is 5.78 Å². The molecule has 98 valence electrons. The maximum atomic E-state index is 12.1. The van der Waals surface area contributed by atoms with Crippen LogP contribution in [0.3, 0.4) is 0 Å². The van der Waals surface area contributed by atoms with Crippen molar-refractivity contribution in [2.75, 3.05) is 6.61 Å². The van der Waals surface area contributed by atoms with E-state index in [2.05, 4.69) is 4.98 Å². The van der Waals surface area contributed by atoms with Gasteiger partial charge in [-0.1, -0.05) is 30.3 Å². The van der Waals surface area contributed by atoms with Gasteiger partial charge in [-0.2, -0.15) is 0 Å². The van der Waals surface area contributed by atoms with Gasteiger partial charge in [-0.15, -0.1) is 11.3 Å². The summed E-state index contributed by atoms with van der Waals surface area (Å²) in [5, 5.41) is 2.98. The second kappa shape index (κ2) is 5.63. The number of benzene rings is 1. The van der Waals surface area contributed by atoms with E-state index in [1.54, 1.807) is 11.3 Å².